The van der Waals surface area contributed by atoms with E-state index in [0.717, 1.165) is 42.2 Å². The Morgan fingerprint density at radius 2 is 2.09 bits per heavy atom. The van der Waals surface area contributed by atoms with Crippen LogP contribution in [-0.4, -0.2) is 14.5 Å². The van der Waals surface area contributed by atoms with Crippen LogP contribution in [0.25, 0.3) is 11.4 Å². The summed E-state index contributed by atoms with van der Waals surface area (Å²) in [5, 5.41) is 9.07. The number of fused-ring (bicyclic) bond motifs is 1. The molecule has 3 heterocycles. The molecule has 3 aromatic rings. The van der Waals surface area contributed by atoms with Gasteiger partial charge in [0, 0.05) is 25.4 Å². The summed E-state index contributed by atoms with van der Waals surface area (Å²) < 4.78 is 2.23. The molecule has 1 aliphatic rings. The van der Waals surface area contributed by atoms with Gasteiger partial charge in [0.15, 0.2) is 0 Å². The molecule has 1 atom stereocenters. The molecule has 4 nitrogen and oxygen atoms in total. The fourth-order valence-electron chi connectivity index (χ4n) is 3.21. The average Bonchev–Trinajstić information content (AvgIpc) is 3.06. The summed E-state index contributed by atoms with van der Waals surface area (Å²) in [5.41, 5.74) is 3.81. The molecular weight excluding hydrogens is 284 g/mol. The van der Waals surface area contributed by atoms with Crippen molar-refractivity contribution in [3.05, 3.63) is 71.8 Å². The molecule has 0 amide bonds. The third kappa shape index (κ3) is 2.62. The molecule has 2 aromatic heterocycles. The van der Waals surface area contributed by atoms with Gasteiger partial charge in [-0.15, -0.1) is 0 Å². The minimum Gasteiger partial charge on any atom is -0.334 e. The maximum absolute atomic E-state index is 9.07. The highest BCUT2D eigenvalue weighted by Crippen LogP contribution is 2.31. The van der Waals surface area contributed by atoms with Crippen LogP contribution in [0.5, 0.6) is 0 Å². The molecular formula is C19H16N4. The Balaban J connectivity index is 1.62. The number of hydrogen-bond donors (Lipinski definition) is 0. The summed E-state index contributed by atoms with van der Waals surface area (Å²) in [7, 11) is 0. The number of aromatic nitrogens is 3. The van der Waals surface area contributed by atoms with Gasteiger partial charge in [0.25, 0.3) is 0 Å². The number of nitriles is 1. The van der Waals surface area contributed by atoms with Gasteiger partial charge < -0.3 is 4.57 Å². The van der Waals surface area contributed by atoms with Crippen molar-refractivity contribution in [2.45, 2.75) is 25.3 Å². The van der Waals surface area contributed by atoms with E-state index in [4.69, 9.17) is 10.2 Å². The quantitative estimate of drug-likeness (QED) is 0.727. The third-order valence-corrected chi connectivity index (χ3v) is 4.42. The summed E-state index contributed by atoms with van der Waals surface area (Å²) in [6, 6.07) is 16.0. The second kappa shape index (κ2) is 5.69. The van der Waals surface area contributed by atoms with E-state index in [9.17, 15) is 0 Å². The minimum atomic E-state index is 0.426. The lowest BCUT2D eigenvalue weighted by molar-refractivity contribution is 0.466. The third-order valence-electron chi connectivity index (χ3n) is 4.42. The molecule has 1 aliphatic heterocycles. The lowest BCUT2D eigenvalue weighted by atomic mass is 9.89. The molecule has 0 radical (unpaired) electrons. The summed E-state index contributed by atoms with van der Waals surface area (Å²) >= 11 is 0. The van der Waals surface area contributed by atoms with Gasteiger partial charge in [-0.1, -0.05) is 18.2 Å². The maximum atomic E-state index is 9.07. The van der Waals surface area contributed by atoms with Gasteiger partial charge in [-0.05, 0) is 42.2 Å². The molecule has 0 fully saturated rings. The van der Waals surface area contributed by atoms with Crippen molar-refractivity contribution in [3.8, 4) is 17.5 Å². The molecule has 0 bridgehead atoms. The molecule has 0 N–H and O–H groups in total. The van der Waals surface area contributed by atoms with Gasteiger partial charge in [-0.3, -0.25) is 4.98 Å². The molecule has 1 unspecified atom stereocenters. The Labute approximate surface area is 135 Å². The van der Waals surface area contributed by atoms with Crippen LogP contribution in [0.1, 0.15) is 29.3 Å². The Kier molecular flexibility index (Phi) is 3.39. The van der Waals surface area contributed by atoms with E-state index in [1.807, 2.05) is 36.4 Å². The first kappa shape index (κ1) is 13.7. The Morgan fingerprint density at radius 1 is 1.13 bits per heavy atom. The number of aryl methyl sites for hydroxylation is 1. The summed E-state index contributed by atoms with van der Waals surface area (Å²) in [4.78, 5) is 9.16. The number of rotatable bonds is 2. The van der Waals surface area contributed by atoms with Crippen LogP contribution < -0.4 is 0 Å². The van der Waals surface area contributed by atoms with Crippen LogP contribution in [0, 0.1) is 11.3 Å². The highest BCUT2D eigenvalue weighted by atomic mass is 15.1. The van der Waals surface area contributed by atoms with Crippen molar-refractivity contribution in [2.24, 2.45) is 0 Å². The van der Waals surface area contributed by atoms with E-state index in [1.54, 1.807) is 6.20 Å². The predicted octanol–water partition coefficient (Wildman–Crippen LogP) is 3.55. The highest BCUT2D eigenvalue weighted by Gasteiger charge is 2.22. The first-order valence-electron chi connectivity index (χ1n) is 7.81. The normalized spacial score (nSPS) is 16.6. The van der Waals surface area contributed by atoms with Crippen LogP contribution in [-0.2, 0) is 13.0 Å². The number of nitrogens with zero attached hydrogens (tertiary/aromatic N) is 4. The number of imidazole rings is 1. The van der Waals surface area contributed by atoms with Crippen LogP contribution in [0.4, 0.5) is 0 Å². The number of benzene rings is 1. The molecule has 0 spiro atoms. The molecule has 112 valence electrons. The summed E-state index contributed by atoms with van der Waals surface area (Å²) in [5.74, 6) is 1.53. The van der Waals surface area contributed by atoms with Crippen molar-refractivity contribution in [1.82, 2.24) is 14.5 Å². The average molecular weight is 300 g/mol. The second-order valence-corrected chi connectivity index (χ2v) is 5.88. The van der Waals surface area contributed by atoms with Crippen molar-refractivity contribution < 1.29 is 0 Å². The first-order valence-corrected chi connectivity index (χ1v) is 7.81. The van der Waals surface area contributed by atoms with Crippen LogP contribution in [0.2, 0.25) is 0 Å². The van der Waals surface area contributed by atoms with E-state index < -0.39 is 0 Å². The summed E-state index contributed by atoms with van der Waals surface area (Å²) in [6.45, 7) is 0.955. The lowest BCUT2D eigenvalue weighted by Gasteiger charge is -2.23. The largest absolute Gasteiger partial charge is 0.334 e. The topological polar surface area (TPSA) is 54.5 Å². The molecule has 4 rings (SSSR count). The summed E-state index contributed by atoms with van der Waals surface area (Å²) in [6.07, 6.45) is 5.87. The Hall–Kier alpha value is -2.93. The first-order chi connectivity index (χ1) is 11.3. The Morgan fingerprint density at radius 3 is 2.91 bits per heavy atom. The minimum absolute atomic E-state index is 0.426. The second-order valence-electron chi connectivity index (χ2n) is 5.88. The van der Waals surface area contributed by atoms with Gasteiger partial charge in [-0.2, -0.15) is 5.26 Å². The maximum Gasteiger partial charge on any atom is 0.110 e. The van der Waals surface area contributed by atoms with E-state index in [2.05, 4.69) is 27.9 Å². The molecule has 4 heteroatoms. The molecule has 23 heavy (non-hydrogen) atoms. The van der Waals surface area contributed by atoms with Crippen LogP contribution in [0.3, 0.4) is 0 Å². The van der Waals surface area contributed by atoms with Crippen LogP contribution >= 0.6 is 0 Å². The van der Waals surface area contributed by atoms with Gasteiger partial charge in [-0.25, -0.2) is 4.98 Å². The van der Waals surface area contributed by atoms with Crippen LogP contribution in [0.15, 0.2) is 54.9 Å². The zero-order chi connectivity index (χ0) is 15.6. The number of pyridine rings is 1. The molecule has 1 aromatic carbocycles. The number of hydrogen-bond acceptors (Lipinski definition) is 3. The SMILES string of the molecule is N#Cc1cccc(C2CCn3cc(-c4ccccn4)nc3C2)c1. The van der Waals surface area contributed by atoms with Crippen molar-refractivity contribution >= 4 is 0 Å². The van der Waals surface area contributed by atoms with E-state index in [-0.39, 0.29) is 0 Å². The molecule has 0 aliphatic carbocycles. The molecule has 0 saturated carbocycles. The lowest BCUT2D eigenvalue weighted by Crippen LogP contribution is -2.17. The van der Waals surface area contributed by atoms with E-state index >= 15 is 0 Å². The fraction of sp³-hybridized carbons (Fsp3) is 0.211. The fourth-order valence-corrected chi connectivity index (χ4v) is 3.21. The van der Waals surface area contributed by atoms with E-state index in [1.165, 1.54) is 5.56 Å². The zero-order valence-corrected chi connectivity index (χ0v) is 12.7. The van der Waals surface area contributed by atoms with Gasteiger partial charge >= 0.3 is 0 Å². The standard InChI is InChI=1S/C19H16N4/c20-12-14-4-3-5-15(10-14)16-7-9-23-13-18(22-19(23)11-16)17-6-1-2-8-21-17/h1-6,8,10,13,16H,7,9,11H2. The monoisotopic (exact) mass is 300 g/mol. The zero-order valence-electron chi connectivity index (χ0n) is 12.7. The van der Waals surface area contributed by atoms with E-state index in [0.29, 0.717) is 5.92 Å². The smallest absolute Gasteiger partial charge is 0.110 e. The molecule has 0 saturated heterocycles. The predicted molar refractivity (Wildman–Crippen MR) is 87.7 cm³/mol. The van der Waals surface area contributed by atoms with Gasteiger partial charge in [0.2, 0.25) is 0 Å². The van der Waals surface area contributed by atoms with Gasteiger partial charge in [0.05, 0.1) is 17.3 Å². The highest BCUT2D eigenvalue weighted by molar-refractivity contribution is 5.53. The Bertz CT molecular complexity index is 874. The van der Waals surface area contributed by atoms with Crippen molar-refractivity contribution in [2.75, 3.05) is 0 Å². The van der Waals surface area contributed by atoms with Crippen molar-refractivity contribution in [3.63, 3.8) is 0 Å². The van der Waals surface area contributed by atoms with Gasteiger partial charge in [0.1, 0.15) is 11.5 Å². The van der Waals surface area contributed by atoms with Crippen molar-refractivity contribution in [1.29, 1.82) is 5.26 Å².